The first-order chi connectivity index (χ1) is 10.7. The van der Waals surface area contributed by atoms with Crippen LogP contribution in [0.2, 0.25) is 0 Å². The van der Waals surface area contributed by atoms with Gasteiger partial charge in [0.2, 0.25) is 5.91 Å². The zero-order chi connectivity index (χ0) is 15.5. The monoisotopic (exact) mass is 324 g/mol. The number of hydrogen-bond acceptors (Lipinski definition) is 4. The molecule has 7 heteroatoms. The number of carbonyl (C=O) groups is 2. The van der Waals surface area contributed by atoms with Crippen LogP contribution in [-0.2, 0) is 14.3 Å². The summed E-state index contributed by atoms with van der Waals surface area (Å²) < 4.78 is 19.0. The minimum atomic E-state index is -0.582. The molecule has 2 amide bonds. The van der Waals surface area contributed by atoms with E-state index in [1.807, 2.05) is 0 Å². The van der Waals surface area contributed by atoms with Crippen LogP contribution in [0.1, 0.15) is 12.8 Å². The van der Waals surface area contributed by atoms with Gasteiger partial charge in [-0.15, -0.1) is 11.8 Å². The Labute approximate surface area is 132 Å². The number of halogens is 1. The van der Waals surface area contributed by atoms with Gasteiger partial charge in [0.05, 0.1) is 11.6 Å². The predicted octanol–water partition coefficient (Wildman–Crippen LogP) is 1.84. The molecule has 1 aromatic rings. The average Bonchev–Trinajstić information content (AvgIpc) is 3.20. The summed E-state index contributed by atoms with van der Waals surface area (Å²) in [5.41, 5.74) is 0.133. The van der Waals surface area contributed by atoms with Crippen molar-refractivity contribution in [1.82, 2.24) is 4.90 Å². The lowest BCUT2D eigenvalue weighted by atomic mass is 10.2. The summed E-state index contributed by atoms with van der Waals surface area (Å²) in [5, 5.41) is 2.57. The predicted molar refractivity (Wildman–Crippen MR) is 82.0 cm³/mol. The van der Waals surface area contributed by atoms with E-state index in [0.717, 1.165) is 6.42 Å². The molecule has 3 rings (SSSR count). The summed E-state index contributed by atoms with van der Waals surface area (Å²) in [7, 11) is 0. The number of amides is 2. The smallest absolute Gasteiger partial charge is 0.253 e. The SMILES string of the molecule is O=C(Nc1ccccc1F)[C@@H]1CSCN1C(=O)[C@H]1CCCO1. The van der Waals surface area contributed by atoms with Crippen LogP contribution in [0.4, 0.5) is 10.1 Å². The van der Waals surface area contributed by atoms with Gasteiger partial charge in [0.1, 0.15) is 18.0 Å². The van der Waals surface area contributed by atoms with Crippen LogP contribution in [0.5, 0.6) is 0 Å². The number of para-hydroxylation sites is 1. The van der Waals surface area contributed by atoms with Crippen molar-refractivity contribution >= 4 is 29.3 Å². The number of nitrogens with one attached hydrogen (secondary N) is 1. The van der Waals surface area contributed by atoms with Gasteiger partial charge in [-0.2, -0.15) is 0 Å². The average molecular weight is 324 g/mol. The van der Waals surface area contributed by atoms with Gasteiger partial charge in [-0.05, 0) is 25.0 Å². The largest absolute Gasteiger partial charge is 0.368 e. The Bertz CT molecular complexity index is 578. The molecule has 0 unspecified atom stereocenters. The molecule has 22 heavy (non-hydrogen) atoms. The van der Waals surface area contributed by atoms with Crippen molar-refractivity contribution in [3.8, 4) is 0 Å². The van der Waals surface area contributed by atoms with Crippen LogP contribution < -0.4 is 5.32 Å². The lowest BCUT2D eigenvalue weighted by Gasteiger charge is -2.25. The van der Waals surface area contributed by atoms with E-state index in [4.69, 9.17) is 4.74 Å². The molecule has 0 aromatic heterocycles. The van der Waals surface area contributed by atoms with Crippen LogP contribution in [0, 0.1) is 5.82 Å². The quantitative estimate of drug-likeness (QED) is 0.922. The lowest BCUT2D eigenvalue weighted by Crippen LogP contribution is -2.48. The number of carbonyl (C=O) groups excluding carboxylic acids is 2. The Morgan fingerprint density at radius 2 is 2.18 bits per heavy atom. The third kappa shape index (κ3) is 3.10. The van der Waals surface area contributed by atoms with Gasteiger partial charge in [-0.1, -0.05) is 12.1 Å². The van der Waals surface area contributed by atoms with E-state index >= 15 is 0 Å². The topological polar surface area (TPSA) is 58.6 Å². The number of nitrogens with zero attached hydrogens (tertiary/aromatic N) is 1. The molecule has 2 heterocycles. The normalized spacial score (nSPS) is 24.5. The second-order valence-electron chi connectivity index (χ2n) is 5.29. The molecule has 0 radical (unpaired) electrons. The number of benzene rings is 1. The first kappa shape index (κ1) is 15.3. The van der Waals surface area contributed by atoms with Gasteiger partial charge < -0.3 is 15.0 Å². The summed E-state index contributed by atoms with van der Waals surface area (Å²) in [6.07, 6.45) is 1.12. The molecule has 2 aliphatic heterocycles. The third-order valence-corrected chi connectivity index (χ3v) is 4.82. The number of ether oxygens (including phenoxy) is 1. The van der Waals surface area contributed by atoms with Crippen molar-refractivity contribution in [1.29, 1.82) is 0 Å². The summed E-state index contributed by atoms with van der Waals surface area (Å²) in [6.45, 7) is 0.587. The second-order valence-corrected chi connectivity index (χ2v) is 6.29. The van der Waals surface area contributed by atoms with Crippen LogP contribution >= 0.6 is 11.8 Å². The van der Waals surface area contributed by atoms with Gasteiger partial charge in [0, 0.05) is 12.4 Å². The molecule has 2 aliphatic rings. The molecule has 118 valence electrons. The summed E-state index contributed by atoms with van der Waals surface area (Å²) in [5.74, 6) is -0.0107. The van der Waals surface area contributed by atoms with Crippen molar-refractivity contribution < 1.29 is 18.7 Å². The Kier molecular flexibility index (Phi) is 4.63. The van der Waals surface area contributed by atoms with Gasteiger partial charge in [-0.25, -0.2) is 4.39 Å². The Balaban J connectivity index is 1.68. The zero-order valence-corrected chi connectivity index (χ0v) is 12.8. The minimum Gasteiger partial charge on any atom is -0.368 e. The number of hydrogen-bond donors (Lipinski definition) is 1. The molecule has 5 nitrogen and oxygen atoms in total. The van der Waals surface area contributed by atoms with Gasteiger partial charge in [0.25, 0.3) is 5.91 Å². The molecule has 1 N–H and O–H groups in total. The molecule has 2 atom stereocenters. The molecule has 0 aliphatic carbocycles. The molecule has 1 aromatic carbocycles. The molecule has 0 spiro atoms. The van der Waals surface area contributed by atoms with Crippen molar-refractivity contribution in [2.45, 2.75) is 25.0 Å². The molecule has 0 bridgehead atoms. The van der Waals surface area contributed by atoms with Crippen LogP contribution in [-0.4, -0.2) is 47.1 Å². The first-order valence-corrected chi connectivity index (χ1v) is 8.37. The second kappa shape index (κ2) is 6.66. The maximum atomic E-state index is 13.6. The minimum absolute atomic E-state index is 0.133. The van der Waals surface area contributed by atoms with Crippen molar-refractivity contribution in [3.05, 3.63) is 30.1 Å². The van der Waals surface area contributed by atoms with Crippen molar-refractivity contribution in [2.75, 3.05) is 23.6 Å². The molecular weight excluding hydrogens is 307 g/mol. The van der Waals surface area contributed by atoms with Gasteiger partial charge >= 0.3 is 0 Å². The Morgan fingerprint density at radius 3 is 2.91 bits per heavy atom. The number of anilines is 1. The molecular formula is C15H17FN2O3S. The molecule has 0 saturated carbocycles. The fourth-order valence-electron chi connectivity index (χ4n) is 2.61. The zero-order valence-electron chi connectivity index (χ0n) is 12.0. The maximum Gasteiger partial charge on any atom is 0.253 e. The highest BCUT2D eigenvalue weighted by Gasteiger charge is 2.39. The molecule has 2 fully saturated rings. The van der Waals surface area contributed by atoms with Crippen LogP contribution in [0.25, 0.3) is 0 Å². The number of rotatable bonds is 3. The van der Waals surface area contributed by atoms with Gasteiger partial charge in [-0.3, -0.25) is 9.59 Å². The fraction of sp³-hybridized carbons (Fsp3) is 0.467. The van der Waals surface area contributed by atoms with Crippen LogP contribution in [0.15, 0.2) is 24.3 Å². The summed E-state index contributed by atoms with van der Waals surface area (Å²) in [4.78, 5) is 26.3. The Morgan fingerprint density at radius 1 is 1.36 bits per heavy atom. The van der Waals surface area contributed by atoms with E-state index in [2.05, 4.69) is 5.32 Å². The highest BCUT2D eigenvalue weighted by atomic mass is 32.2. The summed E-state index contributed by atoms with van der Waals surface area (Å²) >= 11 is 1.52. The highest BCUT2D eigenvalue weighted by Crippen LogP contribution is 2.26. The third-order valence-electron chi connectivity index (χ3n) is 3.80. The number of thioether (sulfide) groups is 1. The van der Waals surface area contributed by atoms with E-state index < -0.39 is 18.0 Å². The van der Waals surface area contributed by atoms with Crippen molar-refractivity contribution in [2.24, 2.45) is 0 Å². The lowest BCUT2D eigenvalue weighted by molar-refractivity contribution is -0.144. The summed E-state index contributed by atoms with van der Waals surface area (Å²) in [6, 6.07) is 5.41. The molecule has 2 saturated heterocycles. The van der Waals surface area contributed by atoms with E-state index in [-0.39, 0.29) is 17.5 Å². The van der Waals surface area contributed by atoms with E-state index in [1.165, 1.54) is 28.8 Å². The standard InChI is InChI=1S/C15H17FN2O3S/c16-10-4-1-2-5-11(10)17-14(19)12-8-22-9-18(12)15(20)13-6-3-7-21-13/h1-2,4-5,12-13H,3,6-9H2,(H,17,19)/t12-,13+/m0/s1. The van der Waals surface area contributed by atoms with Crippen molar-refractivity contribution in [3.63, 3.8) is 0 Å². The van der Waals surface area contributed by atoms with E-state index in [1.54, 1.807) is 12.1 Å². The first-order valence-electron chi connectivity index (χ1n) is 7.22. The van der Waals surface area contributed by atoms with Gasteiger partial charge in [0.15, 0.2) is 0 Å². The van der Waals surface area contributed by atoms with E-state index in [9.17, 15) is 14.0 Å². The van der Waals surface area contributed by atoms with E-state index in [0.29, 0.717) is 24.7 Å². The fourth-order valence-corrected chi connectivity index (χ4v) is 3.78. The van der Waals surface area contributed by atoms with Crippen LogP contribution in [0.3, 0.4) is 0 Å². The highest BCUT2D eigenvalue weighted by molar-refractivity contribution is 7.99. The maximum absolute atomic E-state index is 13.6. The Hall–Kier alpha value is -1.60.